The highest BCUT2D eigenvalue weighted by Crippen LogP contribution is 2.32. The van der Waals surface area contributed by atoms with Gasteiger partial charge in [0.1, 0.15) is 0 Å². The molecule has 108 valence electrons. The van der Waals surface area contributed by atoms with E-state index in [1.165, 1.54) is 51.7 Å². The predicted octanol–water partition coefficient (Wildman–Crippen LogP) is 3.67. The topological polar surface area (TPSA) is 15.3 Å². The monoisotopic (exact) mass is 254 g/mol. The minimum atomic E-state index is 0.462. The Hall–Kier alpha value is -0.0800. The average Bonchev–Trinajstić information content (AvgIpc) is 2.40. The third-order valence-corrected chi connectivity index (χ3v) is 5.21. The van der Waals surface area contributed by atoms with Gasteiger partial charge in [-0.25, -0.2) is 0 Å². The second kappa shape index (κ2) is 7.49. The predicted molar refractivity (Wildman–Crippen MR) is 81.0 cm³/mol. The molecule has 2 nitrogen and oxygen atoms in total. The molecular weight excluding hydrogens is 220 g/mol. The van der Waals surface area contributed by atoms with Gasteiger partial charge in [-0.1, -0.05) is 34.6 Å². The molecule has 1 heterocycles. The summed E-state index contributed by atoms with van der Waals surface area (Å²) in [6.07, 6.45) is 6.44. The van der Waals surface area contributed by atoms with E-state index in [1.54, 1.807) is 0 Å². The van der Waals surface area contributed by atoms with Crippen LogP contribution in [0.15, 0.2) is 0 Å². The Morgan fingerprint density at radius 3 is 2.17 bits per heavy atom. The maximum atomic E-state index is 3.72. The van der Waals surface area contributed by atoms with E-state index in [2.05, 4.69) is 44.8 Å². The minimum absolute atomic E-state index is 0.462. The summed E-state index contributed by atoms with van der Waals surface area (Å²) in [6.45, 7) is 15.5. The molecule has 2 unspecified atom stereocenters. The van der Waals surface area contributed by atoms with Crippen LogP contribution < -0.4 is 5.32 Å². The molecule has 1 fully saturated rings. The van der Waals surface area contributed by atoms with Gasteiger partial charge in [-0.2, -0.15) is 0 Å². The van der Waals surface area contributed by atoms with E-state index >= 15 is 0 Å². The van der Waals surface area contributed by atoms with Crippen molar-refractivity contribution in [3.8, 4) is 0 Å². The smallest absolute Gasteiger partial charge is 0.0201 e. The SMILES string of the molecule is CCCNC1CCN(C(CC)(CC)CC)CC1C. The Kier molecular flexibility index (Phi) is 6.65. The van der Waals surface area contributed by atoms with Crippen LogP contribution in [0.1, 0.15) is 66.7 Å². The summed E-state index contributed by atoms with van der Waals surface area (Å²) < 4.78 is 0. The molecule has 2 heteroatoms. The lowest BCUT2D eigenvalue weighted by Crippen LogP contribution is -2.56. The van der Waals surface area contributed by atoms with E-state index in [1.807, 2.05) is 0 Å². The zero-order valence-corrected chi connectivity index (χ0v) is 13.3. The first kappa shape index (κ1) is 16.0. The molecule has 1 rings (SSSR count). The normalized spacial score (nSPS) is 26.5. The van der Waals surface area contributed by atoms with Crippen molar-refractivity contribution in [1.82, 2.24) is 10.2 Å². The van der Waals surface area contributed by atoms with E-state index in [4.69, 9.17) is 0 Å². The summed E-state index contributed by atoms with van der Waals surface area (Å²) in [4.78, 5) is 2.78. The molecule has 0 saturated carbocycles. The number of rotatable bonds is 7. The molecule has 0 amide bonds. The Balaban J connectivity index is 2.58. The molecule has 0 aromatic carbocycles. The summed E-state index contributed by atoms with van der Waals surface area (Å²) in [5.41, 5.74) is 0.462. The molecule has 1 N–H and O–H groups in total. The van der Waals surface area contributed by atoms with Gasteiger partial charge in [0.2, 0.25) is 0 Å². The molecule has 1 saturated heterocycles. The highest BCUT2D eigenvalue weighted by atomic mass is 15.2. The van der Waals surface area contributed by atoms with Crippen molar-refractivity contribution in [2.75, 3.05) is 19.6 Å². The molecule has 0 bridgehead atoms. The van der Waals surface area contributed by atoms with E-state index in [0.717, 1.165) is 12.0 Å². The van der Waals surface area contributed by atoms with Gasteiger partial charge in [0.25, 0.3) is 0 Å². The number of nitrogens with one attached hydrogen (secondary N) is 1. The van der Waals surface area contributed by atoms with Gasteiger partial charge in [0.05, 0.1) is 0 Å². The van der Waals surface area contributed by atoms with Crippen molar-refractivity contribution in [3.05, 3.63) is 0 Å². The van der Waals surface area contributed by atoms with E-state index in [-0.39, 0.29) is 0 Å². The molecular formula is C16H34N2. The van der Waals surface area contributed by atoms with Gasteiger partial charge in [-0.15, -0.1) is 0 Å². The fourth-order valence-electron chi connectivity index (χ4n) is 3.63. The van der Waals surface area contributed by atoms with Gasteiger partial charge < -0.3 is 5.32 Å². The first-order chi connectivity index (χ1) is 8.63. The Morgan fingerprint density at radius 2 is 1.72 bits per heavy atom. The fraction of sp³-hybridized carbons (Fsp3) is 1.00. The molecule has 0 spiro atoms. The largest absolute Gasteiger partial charge is 0.314 e. The summed E-state index contributed by atoms with van der Waals surface area (Å²) >= 11 is 0. The quantitative estimate of drug-likeness (QED) is 0.746. The molecule has 2 atom stereocenters. The second-order valence-corrected chi connectivity index (χ2v) is 6.06. The minimum Gasteiger partial charge on any atom is -0.314 e. The third kappa shape index (κ3) is 3.48. The van der Waals surface area contributed by atoms with Gasteiger partial charge in [0.15, 0.2) is 0 Å². The molecule has 0 aromatic heterocycles. The molecule has 0 aromatic rings. The molecule has 1 aliphatic heterocycles. The highest BCUT2D eigenvalue weighted by Gasteiger charge is 2.36. The summed E-state index contributed by atoms with van der Waals surface area (Å²) in [5, 5.41) is 3.72. The van der Waals surface area contributed by atoms with Gasteiger partial charge in [0, 0.05) is 24.7 Å². The van der Waals surface area contributed by atoms with Crippen LogP contribution in [-0.4, -0.2) is 36.1 Å². The highest BCUT2D eigenvalue weighted by molar-refractivity contribution is 4.93. The van der Waals surface area contributed by atoms with Crippen molar-refractivity contribution < 1.29 is 0 Å². The average molecular weight is 254 g/mol. The second-order valence-electron chi connectivity index (χ2n) is 6.06. The van der Waals surface area contributed by atoms with Crippen molar-refractivity contribution in [3.63, 3.8) is 0 Å². The van der Waals surface area contributed by atoms with Crippen LogP contribution in [-0.2, 0) is 0 Å². The van der Waals surface area contributed by atoms with Crippen LogP contribution >= 0.6 is 0 Å². The number of nitrogens with zero attached hydrogens (tertiary/aromatic N) is 1. The number of piperidine rings is 1. The van der Waals surface area contributed by atoms with E-state index in [0.29, 0.717) is 5.54 Å². The lowest BCUT2D eigenvalue weighted by atomic mass is 9.83. The Morgan fingerprint density at radius 1 is 1.11 bits per heavy atom. The molecule has 0 radical (unpaired) electrons. The van der Waals surface area contributed by atoms with Crippen LogP contribution in [0.4, 0.5) is 0 Å². The standard InChI is InChI=1S/C16H34N2/c1-6-11-17-15-10-12-18(13-14(15)5)16(7-2,8-3)9-4/h14-15,17H,6-13H2,1-5H3. The fourth-order valence-corrected chi connectivity index (χ4v) is 3.63. The maximum absolute atomic E-state index is 3.72. The van der Waals surface area contributed by atoms with Crippen molar-refractivity contribution in [2.45, 2.75) is 78.3 Å². The molecule has 0 aliphatic carbocycles. The Bertz CT molecular complexity index is 215. The zero-order valence-electron chi connectivity index (χ0n) is 13.3. The number of hydrogen-bond donors (Lipinski definition) is 1. The summed E-state index contributed by atoms with van der Waals surface area (Å²) in [5.74, 6) is 0.786. The molecule has 1 aliphatic rings. The van der Waals surface area contributed by atoms with Crippen molar-refractivity contribution in [2.24, 2.45) is 5.92 Å². The summed E-state index contributed by atoms with van der Waals surface area (Å²) in [6, 6.07) is 0.740. The number of hydrogen-bond acceptors (Lipinski definition) is 2. The van der Waals surface area contributed by atoms with Crippen LogP contribution in [0.25, 0.3) is 0 Å². The van der Waals surface area contributed by atoms with Crippen molar-refractivity contribution in [1.29, 1.82) is 0 Å². The van der Waals surface area contributed by atoms with Crippen molar-refractivity contribution >= 4 is 0 Å². The van der Waals surface area contributed by atoms with Gasteiger partial charge >= 0.3 is 0 Å². The van der Waals surface area contributed by atoms with Crippen LogP contribution in [0.5, 0.6) is 0 Å². The van der Waals surface area contributed by atoms with E-state index in [9.17, 15) is 0 Å². The number of likely N-dealkylation sites (tertiary alicyclic amines) is 1. The van der Waals surface area contributed by atoms with Gasteiger partial charge in [-0.05, 0) is 44.6 Å². The third-order valence-electron chi connectivity index (χ3n) is 5.21. The zero-order chi connectivity index (χ0) is 13.6. The lowest BCUT2D eigenvalue weighted by Gasteiger charge is -2.48. The summed E-state index contributed by atoms with van der Waals surface area (Å²) in [7, 11) is 0. The lowest BCUT2D eigenvalue weighted by molar-refractivity contribution is 0.0229. The first-order valence-electron chi connectivity index (χ1n) is 8.11. The van der Waals surface area contributed by atoms with Gasteiger partial charge in [-0.3, -0.25) is 4.90 Å². The van der Waals surface area contributed by atoms with E-state index < -0.39 is 0 Å². The van der Waals surface area contributed by atoms with Crippen LogP contribution in [0.2, 0.25) is 0 Å². The first-order valence-corrected chi connectivity index (χ1v) is 8.11. The maximum Gasteiger partial charge on any atom is 0.0201 e. The van der Waals surface area contributed by atoms with Crippen LogP contribution in [0.3, 0.4) is 0 Å². The van der Waals surface area contributed by atoms with Crippen LogP contribution in [0, 0.1) is 5.92 Å². The Labute approximate surface area is 115 Å². The molecule has 18 heavy (non-hydrogen) atoms.